The first-order valence-electron chi connectivity index (χ1n) is 7.73. The maximum absolute atomic E-state index is 11.6. The lowest BCUT2D eigenvalue weighted by atomic mass is 9.81. The molecule has 1 amide bonds. The molecule has 2 fully saturated rings. The Bertz CT molecular complexity index is 577. The van der Waals surface area contributed by atoms with Gasteiger partial charge in [-0.25, -0.2) is 0 Å². The molecule has 0 aromatic rings. The lowest BCUT2D eigenvalue weighted by Gasteiger charge is -2.39. The van der Waals surface area contributed by atoms with Crippen LogP contribution < -0.4 is 10.5 Å². The number of rotatable bonds is 4. The first-order chi connectivity index (χ1) is 10.5. The Kier molecular flexibility index (Phi) is 4.37. The Morgan fingerprint density at radius 2 is 2.18 bits per heavy atom. The van der Waals surface area contributed by atoms with Gasteiger partial charge >= 0.3 is 10.2 Å². The maximum atomic E-state index is 11.6. The Morgan fingerprint density at radius 1 is 1.36 bits per heavy atom. The van der Waals surface area contributed by atoms with Crippen molar-refractivity contribution < 1.29 is 17.9 Å². The summed E-state index contributed by atoms with van der Waals surface area (Å²) in [6.45, 7) is 1.82. The number of carbonyl (C=O) groups is 1. The van der Waals surface area contributed by atoms with Gasteiger partial charge in [-0.2, -0.15) is 13.1 Å². The van der Waals surface area contributed by atoms with Crippen LogP contribution in [-0.4, -0.2) is 56.9 Å². The Labute approximate surface area is 130 Å². The smallest absolute Gasteiger partial charge is 0.321 e. The number of nitrogens with one attached hydrogen (secondary N) is 1. The quantitative estimate of drug-likeness (QED) is 0.712. The molecule has 0 aromatic carbocycles. The molecule has 0 spiro atoms. The Hall–Kier alpha value is -1.19. The summed E-state index contributed by atoms with van der Waals surface area (Å²) in [6.07, 6.45) is 3.83. The molecule has 9 heteroatoms. The van der Waals surface area contributed by atoms with Crippen molar-refractivity contribution in [3.8, 4) is 0 Å². The van der Waals surface area contributed by atoms with Crippen molar-refractivity contribution in [2.24, 2.45) is 16.0 Å². The number of amides is 1. The second-order valence-corrected chi connectivity index (χ2v) is 7.43. The first kappa shape index (κ1) is 15.7. The van der Waals surface area contributed by atoms with E-state index in [2.05, 4.69) is 9.12 Å². The number of likely N-dealkylation sites (tertiary alicyclic amines) is 1. The highest BCUT2D eigenvalue weighted by atomic mass is 32.2. The molecule has 8 nitrogen and oxygen atoms in total. The molecule has 1 saturated carbocycles. The SMILES string of the molecule is NC1=NS(=O)(=O)N[C@H]2CCC[C@@H](OCCN3CCCC3=O)[C@@H]12. The van der Waals surface area contributed by atoms with Gasteiger partial charge in [-0.3, -0.25) is 4.79 Å². The molecular weight excluding hydrogens is 308 g/mol. The third-order valence-electron chi connectivity index (χ3n) is 4.57. The fourth-order valence-electron chi connectivity index (χ4n) is 3.54. The van der Waals surface area contributed by atoms with Gasteiger partial charge < -0.3 is 15.4 Å². The summed E-state index contributed by atoms with van der Waals surface area (Å²) in [6, 6.07) is -0.241. The molecule has 3 atom stereocenters. The van der Waals surface area contributed by atoms with Gasteiger partial charge in [-0.1, -0.05) is 0 Å². The molecule has 3 N–H and O–H groups in total. The molecule has 0 bridgehead atoms. The summed E-state index contributed by atoms with van der Waals surface area (Å²) < 4.78 is 35.2. The second kappa shape index (κ2) is 6.13. The second-order valence-electron chi connectivity index (χ2n) is 6.07. The number of carbonyl (C=O) groups excluding carboxylic acids is 1. The minimum atomic E-state index is -3.66. The zero-order valence-electron chi connectivity index (χ0n) is 12.4. The average molecular weight is 330 g/mol. The molecule has 3 rings (SSSR count). The van der Waals surface area contributed by atoms with E-state index >= 15 is 0 Å². The minimum Gasteiger partial charge on any atom is -0.386 e. The monoisotopic (exact) mass is 330 g/mol. The standard InChI is InChI=1S/C13H22N4O4S/c14-13-12-9(15-22(19,20)16-13)3-1-4-10(12)21-8-7-17-6-2-5-11(17)18/h9-10,12,15H,1-8H2,(H2,14,16)/t9-,10+,12-/m0/s1. The highest BCUT2D eigenvalue weighted by Gasteiger charge is 2.42. The van der Waals surface area contributed by atoms with Crippen molar-refractivity contribution in [2.75, 3.05) is 19.7 Å². The third-order valence-corrected chi connectivity index (χ3v) is 5.62. The number of ether oxygens (including phenoxy) is 1. The number of fused-ring (bicyclic) bond motifs is 1. The highest BCUT2D eigenvalue weighted by molar-refractivity contribution is 7.88. The van der Waals surface area contributed by atoms with Gasteiger partial charge in [0.1, 0.15) is 5.84 Å². The van der Waals surface area contributed by atoms with Gasteiger partial charge in [0, 0.05) is 25.6 Å². The van der Waals surface area contributed by atoms with Gasteiger partial charge in [0.15, 0.2) is 0 Å². The van der Waals surface area contributed by atoms with Crippen molar-refractivity contribution in [3.63, 3.8) is 0 Å². The largest absolute Gasteiger partial charge is 0.386 e. The van der Waals surface area contributed by atoms with Crippen LogP contribution in [-0.2, 0) is 19.7 Å². The van der Waals surface area contributed by atoms with E-state index < -0.39 is 10.2 Å². The first-order valence-corrected chi connectivity index (χ1v) is 9.17. The van der Waals surface area contributed by atoms with Crippen LogP contribution in [0.1, 0.15) is 32.1 Å². The van der Waals surface area contributed by atoms with Crippen LogP contribution in [0.5, 0.6) is 0 Å². The van der Waals surface area contributed by atoms with E-state index in [1.54, 1.807) is 4.90 Å². The zero-order chi connectivity index (χ0) is 15.7. The summed E-state index contributed by atoms with van der Waals surface area (Å²) in [7, 11) is -3.66. The molecule has 2 heterocycles. The number of hydrogen-bond donors (Lipinski definition) is 2. The van der Waals surface area contributed by atoms with E-state index in [0.717, 1.165) is 32.2 Å². The fraction of sp³-hybridized carbons (Fsp3) is 0.846. The number of amidine groups is 1. The van der Waals surface area contributed by atoms with Crippen LogP contribution >= 0.6 is 0 Å². The van der Waals surface area contributed by atoms with Crippen molar-refractivity contribution >= 4 is 22.0 Å². The van der Waals surface area contributed by atoms with Crippen LogP contribution in [0.2, 0.25) is 0 Å². The van der Waals surface area contributed by atoms with E-state index in [1.165, 1.54) is 0 Å². The summed E-state index contributed by atoms with van der Waals surface area (Å²) in [5.74, 6) is 0.0916. The highest BCUT2D eigenvalue weighted by Crippen LogP contribution is 2.30. The normalized spacial score (nSPS) is 34.4. The van der Waals surface area contributed by atoms with Gasteiger partial charge in [-0.05, 0) is 25.7 Å². The topological polar surface area (TPSA) is 114 Å². The number of hydrogen-bond acceptors (Lipinski definition) is 5. The van der Waals surface area contributed by atoms with E-state index in [1.807, 2.05) is 0 Å². The van der Waals surface area contributed by atoms with Crippen LogP contribution in [0.3, 0.4) is 0 Å². The zero-order valence-corrected chi connectivity index (χ0v) is 13.2. The molecule has 0 radical (unpaired) electrons. The van der Waals surface area contributed by atoms with Crippen molar-refractivity contribution in [3.05, 3.63) is 0 Å². The van der Waals surface area contributed by atoms with Crippen molar-refractivity contribution in [1.82, 2.24) is 9.62 Å². The molecule has 124 valence electrons. The van der Waals surface area contributed by atoms with Crippen LogP contribution in [0.25, 0.3) is 0 Å². The van der Waals surface area contributed by atoms with Gasteiger partial charge in [0.2, 0.25) is 5.91 Å². The third kappa shape index (κ3) is 3.26. The molecule has 2 aliphatic heterocycles. The predicted molar refractivity (Wildman–Crippen MR) is 80.4 cm³/mol. The molecule has 0 aromatic heterocycles. The summed E-state index contributed by atoms with van der Waals surface area (Å²) >= 11 is 0. The Morgan fingerprint density at radius 3 is 2.91 bits per heavy atom. The lowest BCUT2D eigenvalue weighted by molar-refractivity contribution is -0.128. The minimum absolute atomic E-state index is 0.130. The summed E-state index contributed by atoms with van der Waals surface area (Å²) in [4.78, 5) is 13.4. The summed E-state index contributed by atoms with van der Waals surface area (Å²) in [5, 5.41) is 0. The van der Waals surface area contributed by atoms with Gasteiger partial charge in [0.05, 0.1) is 18.6 Å². The van der Waals surface area contributed by atoms with E-state index in [4.69, 9.17) is 10.5 Å². The van der Waals surface area contributed by atoms with Crippen LogP contribution in [0.4, 0.5) is 0 Å². The van der Waals surface area contributed by atoms with Crippen LogP contribution in [0, 0.1) is 5.92 Å². The predicted octanol–water partition coefficient (Wildman–Crippen LogP) is -0.632. The molecule has 0 unspecified atom stereocenters. The van der Waals surface area contributed by atoms with E-state index in [0.29, 0.717) is 19.6 Å². The van der Waals surface area contributed by atoms with E-state index in [-0.39, 0.29) is 29.8 Å². The lowest BCUT2D eigenvalue weighted by Crippen LogP contribution is -2.56. The Balaban J connectivity index is 1.60. The number of nitrogens with two attached hydrogens (primary N) is 1. The molecule has 1 saturated heterocycles. The molecule has 3 aliphatic rings. The fourth-order valence-corrected chi connectivity index (χ4v) is 4.64. The summed E-state index contributed by atoms with van der Waals surface area (Å²) in [5.41, 5.74) is 5.86. The van der Waals surface area contributed by atoms with Crippen LogP contribution in [0.15, 0.2) is 4.40 Å². The van der Waals surface area contributed by atoms with E-state index in [9.17, 15) is 13.2 Å². The van der Waals surface area contributed by atoms with Gasteiger partial charge in [0.25, 0.3) is 0 Å². The van der Waals surface area contributed by atoms with Crippen molar-refractivity contribution in [1.29, 1.82) is 0 Å². The molecule has 1 aliphatic carbocycles. The molecular formula is C13H22N4O4S. The molecule has 22 heavy (non-hydrogen) atoms. The average Bonchev–Trinajstić information content (AvgIpc) is 2.82. The van der Waals surface area contributed by atoms with Crippen molar-refractivity contribution in [2.45, 2.75) is 44.2 Å². The van der Waals surface area contributed by atoms with Gasteiger partial charge in [-0.15, -0.1) is 4.40 Å². The maximum Gasteiger partial charge on any atom is 0.321 e. The number of nitrogens with zero attached hydrogens (tertiary/aromatic N) is 2.